The summed E-state index contributed by atoms with van der Waals surface area (Å²) in [6.07, 6.45) is 0.0213. The number of nitrogens with one attached hydrogen (secondary N) is 1. The van der Waals surface area contributed by atoms with Gasteiger partial charge in [-0.05, 0) is 32.2 Å². The van der Waals surface area contributed by atoms with Crippen molar-refractivity contribution in [2.75, 3.05) is 19.7 Å². The van der Waals surface area contributed by atoms with E-state index in [0.717, 1.165) is 12.8 Å². The van der Waals surface area contributed by atoms with Crippen molar-refractivity contribution in [3.05, 3.63) is 0 Å². The minimum absolute atomic E-state index is 0.130. The second kappa shape index (κ2) is 8.76. The highest BCUT2D eigenvalue weighted by Gasteiger charge is 2.25. The Kier molecular flexibility index (Phi) is 7.71. The SMILES string of the molecule is OC(CNCCCCC(F)(F)F)COC1CCCC1. The van der Waals surface area contributed by atoms with Gasteiger partial charge in [-0.25, -0.2) is 0 Å². The molecule has 1 rings (SSSR count). The summed E-state index contributed by atoms with van der Waals surface area (Å²) in [5.41, 5.74) is 0. The topological polar surface area (TPSA) is 41.5 Å². The normalized spacial score (nSPS) is 18.9. The van der Waals surface area contributed by atoms with Crippen molar-refractivity contribution in [3.8, 4) is 0 Å². The summed E-state index contributed by atoms with van der Waals surface area (Å²) in [6, 6.07) is 0. The van der Waals surface area contributed by atoms with Crippen LogP contribution in [0.15, 0.2) is 0 Å². The summed E-state index contributed by atoms with van der Waals surface area (Å²) >= 11 is 0. The van der Waals surface area contributed by atoms with Gasteiger partial charge in [-0.2, -0.15) is 13.2 Å². The predicted molar refractivity (Wildman–Crippen MR) is 67.0 cm³/mol. The van der Waals surface area contributed by atoms with Crippen LogP contribution in [0.3, 0.4) is 0 Å². The van der Waals surface area contributed by atoms with E-state index in [9.17, 15) is 18.3 Å². The number of alkyl halides is 3. The maximum atomic E-state index is 11.9. The van der Waals surface area contributed by atoms with Crippen molar-refractivity contribution in [2.24, 2.45) is 0 Å². The van der Waals surface area contributed by atoms with Gasteiger partial charge in [0.2, 0.25) is 0 Å². The fourth-order valence-electron chi connectivity index (χ4n) is 2.21. The van der Waals surface area contributed by atoms with E-state index >= 15 is 0 Å². The molecule has 0 aromatic carbocycles. The molecule has 0 spiro atoms. The third kappa shape index (κ3) is 9.24. The molecule has 1 saturated carbocycles. The maximum Gasteiger partial charge on any atom is 0.389 e. The molecule has 0 bridgehead atoms. The van der Waals surface area contributed by atoms with Crippen LogP contribution in [-0.4, -0.2) is 43.2 Å². The van der Waals surface area contributed by atoms with Gasteiger partial charge >= 0.3 is 6.18 Å². The lowest BCUT2D eigenvalue weighted by Crippen LogP contribution is -2.32. The van der Waals surface area contributed by atoms with Crippen molar-refractivity contribution in [3.63, 3.8) is 0 Å². The van der Waals surface area contributed by atoms with Crippen LogP contribution < -0.4 is 5.32 Å². The molecular weight excluding hydrogens is 259 g/mol. The first-order valence-corrected chi connectivity index (χ1v) is 7.04. The molecule has 1 unspecified atom stereocenters. The Bertz CT molecular complexity index is 230. The van der Waals surface area contributed by atoms with Crippen LogP contribution in [0.5, 0.6) is 0 Å². The molecule has 1 aliphatic carbocycles. The van der Waals surface area contributed by atoms with Gasteiger partial charge in [0, 0.05) is 13.0 Å². The molecule has 1 fully saturated rings. The van der Waals surface area contributed by atoms with E-state index in [2.05, 4.69) is 5.32 Å². The number of hydrogen-bond donors (Lipinski definition) is 2. The number of halogens is 3. The highest BCUT2D eigenvalue weighted by Crippen LogP contribution is 2.22. The molecule has 19 heavy (non-hydrogen) atoms. The van der Waals surface area contributed by atoms with Crippen molar-refractivity contribution in [2.45, 2.75) is 63.3 Å². The van der Waals surface area contributed by atoms with Crippen LogP contribution in [0, 0.1) is 0 Å². The molecule has 0 amide bonds. The Morgan fingerprint density at radius 3 is 2.53 bits per heavy atom. The molecule has 0 aromatic rings. The van der Waals surface area contributed by atoms with Crippen molar-refractivity contribution < 1.29 is 23.0 Å². The van der Waals surface area contributed by atoms with Crippen LogP contribution in [-0.2, 0) is 4.74 Å². The third-order valence-electron chi connectivity index (χ3n) is 3.27. The molecule has 0 radical (unpaired) electrons. The molecule has 1 atom stereocenters. The molecule has 114 valence electrons. The van der Waals surface area contributed by atoms with Crippen molar-refractivity contribution >= 4 is 0 Å². The molecule has 1 aliphatic rings. The van der Waals surface area contributed by atoms with Gasteiger partial charge in [0.15, 0.2) is 0 Å². The van der Waals surface area contributed by atoms with E-state index < -0.39 is 18.7 Å². The van der Waals surface area contributed by atoms with Gasteiger partial charge in [-0.1, -0.05) is 12.8 Å². The summed E-state index contributed by atoms with van der Waals surface area (Å²) in [4.78, 5) is 0. The van der Waals surface area contributed by atoms with E-state index in [-0.39, 0.29) is 12.5 Å². The summed E-state index contributed by atoms with van der Waals surface area (Å²) < 4.78 is 41.1. The van der Waals surface area contributed by atoms with E-state index in [4.69, 9.17) is 4.74 Å². The predicted octanol–water partition coefficient (Wildman–Crippen LogP) is 2.63. The minimum atomic E-state index is -4.06. The maximum absolute atomic E-state index is 11.9. The summed E-state index contributed by atoms with van der Waals surface area (Å²) in [5, 5.41) is 12.6. The lowest BCUT2D eigenvalue weighted by Gasteiger charge is -2.16. The van der Waals surface area contributed by atoms with Gasteiger partial charge in [0.05, 0.1) is 18.8 Å². The van der Waals surface area contributed by atoms with E-state index in [0.29, 0.717) is 26.1 Å². The van der Waals surface area contributed by atoms with Crippen molar-refractivity contribution in [1.82, 2.24) is 5.32 Å². The quantitative estimate of drug-likeness (QED) is 0.639. The Labute approximate surface area is 112 Å². The standard InChI is InChI=1S/C13H24F3NO2/c14-13(15,16)7-3-4-8-17-9-11(18)10-19-12-5-1-2-6-12/h11-12,17-18H,1-10H2. The van der Waals surface area contributed by atoms with Gasteiger partial charge in [-0.15, -0.1) is 0 Å². The van der Waals surface area contributed by atoms with E-state index in [1.54, 1.807) is 0 Å². The zero-order valence-electron chi connectivity index (χ0n) is 11.2. The van der Waals surface area contributed by atoms with Crippen molar-refractivity contribution in [1.29, 1.82) is 0 Å². The number of aliphatic hydroxyl groups excluding tert-OH is 1. The Morgan fingerprint density at radius 1 is 1.21 bits per heavy atom. The highest BCUT2D eigenvalue weighted by atomic mass is 19.4. The first kappa shape index (κ1) is 16.7. The minimum Gasteiger partial charge on any atom is -0.389 e. The summed E-state index contributed by atoms with van der Waals surface area (Å²) in [7, 11) is 0. The molecule has 2 N–H and O–H groups in total. The molecular formula is C13H24F3NO2. The molecule has 3 nitrogen and oxygen atoms in total. The lowest BCUT2D eigenvalue weighted by atomic mass is 10.2. The molecule has 0 aromatic heterocycles. The highest BCUT2D eigenvalue weighted by molar-refractivity contribution is 4.68. The van der Waals surface area contributed by atoms with E-state index in [1.807, 2.05) is 0 Å². The second-order valence-electron chi connectivity index (χ2n) is 5.17. The Morgan fingerprint density at radius 2 is 1.89 bits per heavy atom. The third-order valence-corrected chi connectivity index (χ3v) is 3.27. The van der Waals surface area contributed by atoms with Crippen LogP contribution in [0.4, 0.5) is 13.2 Å². The van der Waals surface area contributed by atoms with Gasteiger partial charge < -0.3 is 15.2 Å². The fraction of sp³-hybridized carbons (Fsp3) is 1.00. The summed E-state index contributed by atoms with van der Waals surface area (Å²) in [5.74, 6) is 0. The fourth-order valence-corrected chi connectivity index (χ4v) is 2.21. The molecule has 0 heterocycles. The first-order valence-electron chi connectivity index (χ1n) is 7.04. The number of hydrogen-bond acceptors (Lipinski definition) is 3. The van der Waals surface area contributed by atoms with E-state index in [1.165, 1.54) is 12.8 Å². The molecule has 6 heteroatoms. The number of unbranched alkanes of at least 4 members (excludes halogenated alkanes) is 1. The average molecular weight is 283 g/mol. The van der Waals surface area contributed by atoms with Crippen LogP contribution in [0.2, 0.25) is 0 Å². The van der Waals surface area contributed by atoms with Gasteiger partial charge in [0.1, 0.15) is 0 Å². The smallest absolute Gasteiger partial charge is 0.389 e. The van der Waals surface area contributed by atoms with Gasteiger partial charge in [-0.3, -0.25) is 0 Å². The largest absolute Gasteiger partial charge is 0.389 e. The zero-order valence-corrected chi connectivity index (χ0v) is 11.2. The van der Waals surface area contributed by atoms with Crippen LogP contribution in [0.25, 0.3) is 0 Å². The number of rotatable bonds is 9. The molecule has 0 aliphatic heterocycles. The Hall–Kier alpha value is -0.330. The zero-order chi connectivity index (χ0) is 14.1. The van der Waals surface area contributed by atoms with Crippen LogP contribution in [0.1, 0.15) is 44.9 Å². The van der Waals surface area contributed by atoms with Gasteiger partial charge in [0.25, 0.3) is 0 Å². The second-order valence-corrected chi connectivity index (χ2v) is 5.17. The number of ether oxygens (including phenoxy) is 1. The van der Waals surface area contributed by atoms with Crippen LogP contribution >= 0.6 is 0 Å². The monoisotopic (exact) mass is 283 g/mol. The Balaban J connectivity index is 1.88. The number of aliphatic hydroxyl groups is 1. The molecule has 0 saturated heterocycles. The average Bonchev–Trinajstić information content (AvgIpc) is 2.82. The summed E-state index contributed by atoms with van der Waals surface area (Å²) in [6.45, 7) is 1.18. The first-order chi connectivity index (χ1) is 8.97. The lowest BCUT2D eigenvalue weighted by molar-refractivity contribution is -0.135.